The van der Waals surface area contributed by atoms with E-state index in [0.29, 0.717) is 5.75 Å². The van der Waals surface area contributed by atoms with E-state index >= 15 is 0 Å². The Balaban J connectivity index is 2.41. The summed E-state index contributed by atoms with van der Waals surface area (Å²) < 4.78 is 45.8. The molecule has 0 unspecified atom stereocenters. The summed E-state index contributed by atoms with van der Waals surface area (Å²) in [6, 6.07) is 9.79. The molecular formula is C21H26N4O8S. The zero-order valence-corrected chi connectivity index (χ0v) is 19.8. The number of methoxy groups -OCH3 is 2. The third-order valence-corrected chi connectivity index (χ3v) is 5.09. The SMILES string of the molecule is COCC(=O)Nc1ccc(S(=O)(=O)Oc2cccc(OC(C)C)c2)cc1N=C(N)NC(=O)OC. The molecule has 12 nitrogen and oxygen atoms in total. The van der Waals surface area contributed by atoms with Gasteiger partial charge in [-0.3, -0.25) is 10.1 Å². The van der Waals surface area contributed by atoms with Crippen LogP contribution in [0.5, 0.6) is 11.5 Å². The molecule has 0 aliphatic carbocycles. The number of rotatable bonds is 9. The Kier molecular flexibility index (Phi) is 9.21. The van der Waals surface area contributed by atoms with Crippen LogP contribution in [0.4, 0.5) is 16.2 Å². The van der Waals surface area contributed by atoms with Crippen molar-refractivity contribution in [3.05, 3.63) is 42.5 Å². The first kappa shape index (κ1) is 26.4. The van der Waals surface area contributed by atoms with Crippen LogP contribution in [0.2, 0.25) is 0 Å². The third kappa shape index (κ3) is 7.94. The van der Waals surface area contributed by atoms with E-state index in [9.17, 15) is 18.0 Å². The molecule has 0 atom stereocenters. The van der Waals surface area contributed by atoms with Crippen molar-refractivity contribution in [2.75, 3.05) is 26.1 Å². The number of carbonyl (C=O) groups excluding carboxylic acids is 2. The molecule has 0 saturated carbocycles. The molecule has 0 heterocycles. The monoisotopic (exact) mass is 494 g/mol. The largest absolute Gasteiger partial charge is 0.491 e. The number of carbonyl (C=O) groups is 2. The molecule has 184 valence electrons. The van der Waals surface area contributed by atoms with Gasteiger partial charge in [-0.15, -0.1) is 0 Å². The lowest BCUT2D eigenvalue weighted by atomic mass is 10.2. The van der Waals surface area contributed by atoms with Gasteiger partial charge in [0.15, 0.2) is 0 Å². The second-order valence-electron chi connectivity index (χ2n) is 6.95. The molecule has 0 aromatic heterocycles. The van der Waals surface area contributed by atoms with E-state index in [1.54, 1.807) is 12.1 Å². The fourth-order valence-corrected chi connectivity index (χ4v) is 3.49. The van der Waals surface area contributed by atoms with E-state index in [1.165, 1.54) is 31.4 Å². The van der Waals surface area contributed by atoms with Crippen molar-refractivity contribution in [2.24, 2.45) is 10.7 Å². The van der Waals surface area contributed by atoms with Gasteiger partial charge in [-0.1, -0.05) is 6.07 Å². The number of benzene rings is 2. The number of alkyl carbamates (subject to hydrolysis) is 1. The highest BCUT2D eigenvalue weighted by Crippen LogP contribution is 2.30. The summed E-state index contributed by atoms with van der Waals surface area (Å²) in [5, 5.41) is 4.65. The van der Waals surface area contributed by atoms with Gasteiger partial charge in [0, 0.05) is 13.2 Å². The van der Waals surface area contributed by atoms with Crippen LogP contribution in [-0.4, -0.2) is 53.3 Å². The number of nitrogens with zero attached hydrogens (tertiary/aromatic N) is 1. The average molecular weight is 495 g/mol. The molecule has 0 aliphatic heterocycles. The maximum atomic E-state index is 12.9. The van der Waals surface area contributed by atoms with Gasteiger partial charge in [-0.25, -0.2) is 9.79 Å². The van der Waals surface area contributed by atoms with Gasteiger partial charge in [0.25, 0.3) is 0 Å². The lowest BCUT2D eigenvalue weighted by Gasteiger charge is -2.13. The molecule has 0 aliphatic rings. The minimum Gasteiger partial charge on any atom is -0.491 e. The topological polar surface area (TPSA) is 168 Å². The highest BCUT2D eigenvalue weighted by molar-refractivity contribution is 7.87. The van der Waals surface area contributed by atoms with Gasteiger partial charge in [0.2, 0.25) is 11.9 Å². The zero-order valence-electron chi connectivity index (χ0n) is 19.0. The van der Waals surface area contributed by atoms with E-state index in [-0.39, 0.29) is 34.7 Å². The molecule has 2 amide bonds. The quantitative estimate of drug-likeness (QED) is 0.269. The van der Waals surface area contributed by atoms with Crippen LogP contribution in [0.25, 0.3) is 0 Å². The molecule has 2 aromatic carbocycles. The second kappa shape index (κ2) is 11.9. The number of nitrogens with two attached hydrogens (primary N) is 1. The second-order valence-corrected chi connectivity index (χ2v) is 8.50. The number of guanidine groups is 1. The number of anilines is 1. The highest BCUT2D eigenvalue weighted by atomic mass is 32.2. The van der Waals surface area contributed by atoms with Gasteiger partial charge >= 0.3 is 16.2 Å². The predicted molar refractivity (Wildman–Crippen MR) is 124 cm³/mol. The van der Waals surface area contributed by atoms with Crippen molar-refractivity contribution < 1.29 is 36.4 Å². The van der Waals surface area contributed by atoms with Gasteiger partial charge in [0.1, 0.15) is 23.0 Å². The van der Waals surface area contributed by atoms with Crippen molar-refractivity contribution in [1.82, 2.24) is 5.32 Å². The van der Waals surface area contributed by atoms with E-state index in [2.05, 4.69) is 20.4 Å². The van der Waals surface area contributed by atoms with E-state index < -0.39 is 28.1 Å². The van der Waals surface area contributed by atoms with Crippen molar-refractivity contribution in [2.45, 2.75) is 24.8 Å². The van der Waals surface area contributed by atoms with Gasteiger partial charge < -0.3 is 29.4 Å². The van der Waals surface area contributed by atoms with E-state index in [1.807, 2.05) is 13.8 Å². The standard InChI is InChI=1S/C21H26N4O8S/c1-13(2)32-14-6-5-7-15(10-14)33-34(28,29)16-8-9-17(23-19(26)12-30-3)18(11-16)24-20(22)25-21(27)31-4/h5-11,13H,12H2,1-4H3,(H,23,26)(H3,22,24,25,27). The van der Waals surface area contributed by atoms with Crippen LogP contribution >= 0.6 is 0 Å². The summed E-state index contributed by atoms with van der Waals surface area (Å²) in [4.78, 5) is 27.0. The smallest absolute Gasteiger partial charge is 0.413 e. The molecule has 13 heteroatoms. The predicted octanol–water partition coefficient (Wildman–Crippen LogP) is 2.13. The molecule has 2 aromatic rings. The van der Waals surface area contributed by atoms with Crippen molar-refractivity contribution in [1.29, 1.82) is 0 Å². The molecular weight excluding hydrogens is 468 g/mol. The highest BCUT2D eigenvalue weighted by Gasteiger charge is 2.20. The maximum absolute atomic E-state index is 12.9. The number of aliphatic imine (C=N–C) groups is 1. The molecule has 0 bridgehead atoms. The Hall–Kier alpha value is -3.84. The van der Waals surface area contributed by atoms with Gasteiger partial charge in [-0.2, -0.15) is 8.42 Å². The van der Waals surface area contributed by atoms with Crippen LogP contribution in [0.1, 0.15) is 13.8 Å². The Morgan fingerprint density at radius 1 is 1.09 bits per heavy atom. The molecule has 0 spiro atoms. The average Bonchev–Trinajstić information content (AvgIpc) is 2.74. The third-order valence-electron chi connectivity index (χ3n) is 3.85. The number of ether oxygens (including phenoxy) is 3. The first-order chi connectivity index (χ1) is 16.0. The van der Waals surface area contributed by atoms with Crippen LogP contribution in [-0.2, 0) is 24.4 Å². The fraction of sp³-hybridized carbons (Fsp3) is 0.286. The van der Waals surface area contributed by atoms with Crippen molar-refractivity contribution >= 4 is 39.5 Å². The zero-order chi connectivity index (χ0) is 25.3. The Morgan fingerprint density at radius 2 is 1.79 bits per heavy atom. The van der Waals surface area contributed by atoms with Crippen LogP contribution in [0.3, 0.4) is 0 Å². The number of hydrogen-bond donors (Lipinski definition) is 3. The summed E-state index contributed by atoms with van der Waals surface area (Å²) in [7, 11) is -1.85. The molecule has 4 N–H and O–H groups in total. The van der Waals surface area contributed by atoms with E-state index in [4.69, 9.17) is 19.4 Å². The van der Waals surface area contributed by atoms with Crippen molar-refractivity contribution in [3.63, 3.8) is 0 Å². The van der Waals surface area contributed by atoms with Crippen molar-refractivity contribution in [3.8, 4) is 11.5 Å². The molecule has 0 fully saturated rings. The first-order valence-electron chi connectivity index (χ1n) is 9.87. The number of amides is 2. The van der Waals surface area contributed by atoms with Crippen LogP contribution in [0.15, 0.2) is 52.4 Å². The fourth-order valence-electron chi connectivity index (χ4n) is 2.54. The van der Waals surface area contributed by atoms with Crippen LogP contribution < -0.4 is 25.3 Å². The summed E-state index contributed by atoms with van der Waals surface area (Å²) in [6.45, 7) is 3.41. The van der Waals surface area contributed by atoms with Crippen LogP contribution in [0, 0.1) is 0 Å². The Morgan fingerprint density at radius 3 is 2.44 bits per heavy atom. The lowest BCUT2D eigenvalue weighted by Crippen LogP contribution is -2.36. The van der Waals surface area contributed by atoms with Gasteiger partial charge in [-0.05, 0) is 44.2 Å². The summed E-state index contributed by atoms with van der Waals surface area (Å²) in [5.74, 6) is -0.450. The first-order valence-corrected chi connectivity index (χ1v) is 11.3. The Bertz CT molecular complexity index is 1170. The van der Waals surface area contributed by atoms with E-state index in [0.717, 1.165) is 13.2 Å². The normalized spacial score (nSPS) is 11.6. The maximum Gasteiger partial charge on any atom is 0.413 e. The number of nitrogens with one attached hydrogen (secondary N) is 2. The molecule has 34 heavy (non-hydrogen) atoms. The summed E-state index contributed by atoms with van der Waals surface area (Å²) in [6.07, 6.45) is -1.00. The Labute approximate surface area is 197 Å². The minimum absolute atomic E-state index is 0.0348. The van der Waals surface area contributed by atoms with Gasteiger partial charge in [0.05, 0.1) is 24.6 Å². The number of hydrogen-bond acceptors (Lipinski definition) is 9. The lowest BCUT2D eigenvalue weighted by molar-refractivity contribution is -0.119. The summed E-state index contributed by atoms with van der Waals surface area (Å²) >= 11 is 0. The minimum atomic E-state index is -4.32. The molecule has 0 saturated heterocycles. The summed E-state index contributed by atoms with van der Waals surface area (Å²) in [5.41, 5.74) is 5.73. The molecule has 0 radical (unpaired) electrons. The molecule has 2 rings (SSSR count).